The Kier molecular flexibility index (Phi) is 4.79. The molecule has 0 aliphatic carbocycles. The molecule has 0 saturated heterocycles. The molecule has 10 heteroatoms. The van der Waals surface area contributed by atoms with Crippen LogP contribution >= 0.6 is 11.3 Å². The zero-order valence-electron chi connectivity index (χ0n) is 15.1. The highest BCUT2D eigenvalue weighted by atomic mass is 32.1. The topological polar surface area (TPSA) is 72.2 Å². The predicted octanol–water partition coefficient (Wildman–Crippen LogP) is 4.11. The van der Waals surface area contributed by atoms with Gasteiger partial charge >= 0.3 is 6.18 Å². The van der Waals surface area contributed by atoms with Crippen LogP contribution in [0.1, 0.15) is 27.4 Å². The van der Waals surface area contributed by atoms with E-state index in [0.717, 1.165) is 17.2 Å². The van der Waals surface area contributed by atoms with E-state index in [4.69, 9.17) is 0 Å². The van der Waals surface area contributed by atoms with Crippen molar-refractivity contribution >= 4 is 23.0 Å². The first-order valence-corrected chi connectivity index (χ1v) is 9.42. The highest BCUT2D eigenvalue weighted by molar-refractivity contribution is 7.13. The van der Waals surface area contributed by atoms with Gasteiger partial charge in [0, 0.05) is 6.54 Å². The Hall–Kier alpha value is -3.27. The highest BCUT2D eigenvalue weighted by Gasteiger charge is 2.36. The van der Waals surface area contributed by atoms with Gasteiger partial charge in [-0.25, -0.2) is 4.98 Å². The zero-order valence-corrected chi connectivity index (χ0v) is 15.9. The van der Waals surface area contributed by atoms with Crippen molar-refractivity contribution in [2.24, 2.45) is 0 Å². The fourth-order valence-electron chi connectivity index (χ4n) is 2.68. The second-order valence-corrected chi connectivity index (χ2v) is 7.26. The van der Waals surface area contributed by atoms with Gasteiger partial charge in [-0.05, 0) is 30.0 Å². The molecule has 0 aliphatic rings. The standard InChI is InChI=1S/C19H14F3N5OS/c1-11-4-6-12(7-5-11)10-23-17(28)16-25-18-24-13(14-3-2-8-29-14)9-15(19(20,21)22)27(18)26-16/h2-9H,10H2,1H3,(H,23,28). The minimum atomic E-state index is -4.68. The number of nitrogens with one attached hydrogen (secondary N) is 1. The number of amides is 1. The molecule has 4 aromatic rings. The minimum absolute atomic E-state index is 0.124. The van der Waals surface area contributed by atoms with Crippen LogP contribution in [-0.4, -0.2) is 25.5 Å². The van der Waals surface area contributed by atoms with Crippen LogP contribution in [0.3, 0.4) is 0 Å². The summed E-state index contributed by atoms with van der Waals surface area (Å²) >= 11 is 1.26. The second-order valence-electron chi connectivity index (χ2n) is 6.32. The number of alkyl halides is 3. The molecule has 0 aliphatic heterocycles. The summed E-state index contributed by atoms with van der Waals surface area (Å²) in [6.07, 6.45) is -4.68. The first-order chi connectivity index (χ1) is 13.8. The number of hydrogen-bond donors (Lipinski definition) is 1. The summed E-state index contributed by atoms with van der Waals surface area (Å²) in [5.74, 6) is -1.34. The van der Waals surface area contributed by atoms with Crippen LogP contribution in [0.5, 0.6) is 0 Å². The maximum absolute atomic E-state index is 13.5. The third-order valence-electron chi connectivity index (χ3n) is 4.15. The van der Waals surface area contributed by atoms with Gasteiger partial charge in [0.2, 0.25) is 5.82 Å². The zero-order chi connectivity index (χ0) is 20.6. The summed E-state index contributed by atoms with van der Waals surface area (Å²) < 4.78 is 41.2. The highest BCUT2D eigenvalue weighted by Crippen LogP contribution is 2.33. The number of aromatic nitrogens is 4. The molecule has 0 atom stereocenters. The van der Waals surface area contributed by atoms with Crippen molar-refractivity contribution in [3.05, 3.63) is 70.5 Å². The number of aryl methyl sites for hydroxylation is 1. The minimum Gasteiger partial charge on any atom is -0.345 e. The van der Waals surface area contributed by atoms with Crippen LogP contribution in [0.4, 0.5) is 13.2 Å². The Morgan fingerprint density at radius 3 is 2.59 bits per heavy atom. The quantitative estimate of drug-likeness (QED) is 0.543. The van der Waals surface area contributed by atoms with Crippen molar-refractivity contribution in [1.29, 1.82) is 0 Å². The maximum atomic E-state index is 13.5. The van der Waals surface area contributed by atoms with Crippen molar-refractivity contribution in [2.45, 2.75) is 19.6 Å². The molecule has 0 bridgehead atoms. The van der Waals surface area contributed by atoms with Gasteiger partial charge < -0.3 is 5.32 Å². The molecule has 29 heavy (non-hydrogen) atoms. The molecule has 0 unspecified atom stereocenters. The number of carbonyl (C=O) groups excluding carboxylic acids is 1. The molecule has 0 spiro atoms. The lowest BCUT2D eigenvalue weighted by Crippen LogP contribution is -2.24. The monoisotopic (exact) mass is 417 g/mol. The summed E-state index contributed by atoms with van der Waals surface area (Å²) in [5, 5.41) is 8.09. The molecule has 0 radical (unpaired) electrons. The van der Waals surface area contributed by atoms with E-state index in [1.807, 2.05) is 31.2 Å². The summed E-state index contributed by atoms with van der Waals surface area (Å²) in [6, 6.07) is 11.8. The largest absolute Gasteiger partial charge is 0.433 e. The first-order valence-electron chi connectivity index (χ1n) is 8.54. The number of fused-ring (bicyclic) bond motifs is 1. The van der Waals surface area contributed by atoms with Crippen molar-refractivity contribution < 1.29 is 18.0 Å². The fourth-order valence-corrected chi connectivity index (χ4v) is 3.37. The average molecular weight is 417 g/mol. The van der Waals surface area contributed by atoms with Crippen LogP contribution in [-0.2, 0) is 12.7 Å². The van der Waals surface area contributed by atoms with Gasteiger partial charge in [-0.1, -0.05) is 35.9 Å². The lowest BCUT2D eigenvalue weighted by atomic mass is 10.1. The molecule has 0 fully saturated rings. The summed E-state index contributed by atoms with van der Waals surface area (Å²) in [4.78, 5) is 21.0. The molecule has 6 nitrogen and oxygen atoms in total. The van der Waals surface area contributed by atoms with Crippen LogP contribution in [0, 0.1) is 6.92 Å². The first kappa shape index (κ1) is 19.1. The molecule has 1 aromatic carbocycles. The lowest BCUT2D eigenvalue weighted by molar-refractivity contribution is -0.142. The van der Waals surface area contributed by atoms with Gasteiger partial charge in [0.1, 0.15) is 0 Å². The van der Waals surface area contributed by atoms with E-state index in [1.54, 1.807) is 17.5 Å². The van der Waals surface area contributed by atoms with Crippen LogP contribution in [0.15, 0.2) is 47.8 Å². The lowest BCUT2D eigenvalue weighted by Gasteiger charge is -2.09. The number of halogens is 3. The van der Waals surface area contributed by atoms with E-state index in [9.17, 15) is 18.0 Å². The summed E-state index contributed by atoms with van der Waals surface area (Å²) in [5.41, 5.74) is 1.01. The summed E-state index contributed by atoms with van der Waals surface area (Å²) in [6.45, 7) is 2.15. The predicted molar refractivity (Wildman–Crippen MR) is 101 cm³/mol. The molecule has 1 amide bonds. The number of thiophene rings is 1. The number of hydrogen-bond acceptors (Lipinski definition) is 5. The Morgan fingerprint density at radius 2 is 1.93 bits per heavy atom. The van der Waals surface area contributed by atoms with Crippen LogP contribution < -0.4 is 5.32 Å². The van der Waals surface area contributed by atoms with E-state index in [1.165, 1.54) is 11.3 Å². The molecule has 0 saturated carbocycles. The number of carbonyl (C=O) groups is 1. The summed E-state index contributed by atoms with van der Waals surface area (Å²) in [7, 11) is 0. The van der Waals surface area contributed by atoms with E-state index in [2.05, 4.69) is 20.4 Å². The van der Waals surface area contributed by atoms with Crippen LogP contribution in [0.25, 0.3) is 16.3 Å². The normalized spacial score (nSPS) is 11.7. The number of rotatable bonds is 4. The van der Waals surface area contributed by atoms with Gasteiger partial charge in [0.25, 0.3) is 11.7 Å². The van der Waals surface area contributed by atoms with Crippen molar-refractivity contribution in [1.82, 2.24) is 24.9 Å². The van der Waals surface area contributed by atoms with Crippen molar-refractivity contribution in [3.8, 4) is 10.6 Å². The molecule has 3 heterocycles. The van der Waals surface area contributed by atoms with E-state index < -0.39 is 17.8 Å². The number of benzene rings is 1. The molecule has 1 N–H and O–H groups in total. The Balaban J connectivity index is 1.67. The van der Waals surface area contributed by atoms with Crippen molar-refractivity contribution in [2.75, 3.05) is 0 Å². The number of nitrogens with zero attached hydrogens (tertiary/aromatic N) is 4. The van der Waals surface area contributed by atoms with Crippen molar-refractivity contribution in [3.63, 3.8) is 0 Å². The van der Waals surface area contributed by atoms with Gasteiger partial charge in [-0.15, -0.1) is 16.4 Å². The fraction of sp³-hybridized carbons (Fsp3) is 0.158. The Morgan fingerprint density at radius 1 is 1.17 bits per heavy atom. The second kappa shape index (κ2) is 7.28. The van der Waals surface area contributed by atoms with E-state index >= 15 is 0 Å². The maximum Gasteiger partial charge on any atom is 0.433 e. The molecular weight excluding hydrogens is 403 g/mol. The van der Waals surface area contributed by atoms with E-state index in [-0.39, 0.29) is 23.8 Å². The SMILES string of the molecule is Cc1ccc(CNC(=O)c2nc3nc(-c4cccs4)cc(C(F)(F)F)n3n2)cc1. The van der Waals surface area contributed by atoms with Crippen LogP contribution in [0.2, 0.25) is 0 Å². The molecular formula is C19H14F3N5OS. The van der Waals surface area contributed by atoms with Gasteiger partial charge in [0.05, 0.1) is 10.6 Å². The van der Waals surface area contributed by atoms with Gasteiger partial charge in [0.15, 0.2) is 5.69 Å². The molecule has 148 valence electrons. The smallest absolute Gasteiger partial charge is 0.345 e. The third-order valence-corrected chi connectivity index (χ3v) is 5.05. The Bertz CT molecular complexity index is 1170. The Labute approximate surface area is 167 Å². The molecule has 3 aromatic heterocycles. The van der Waals surface area contributed by atoms with E-state index in [0.29, 0.717) is 9.39 Å². The third kappa shape index (κ3) is 3.97. The van der Waals surface area contributed by atoms with Gasteiger partial charge in [-0.2, -0.15) is 22.7 Å². The molecule has 4 rings (SSSR count). The average Bonchev–Trinajstić information content (AvgIpc) is 3.35. The van der Waals surface area contributed by atoms with Gasteiger partial charge in [-0.3, -0.25) is 4.79 Å².